The third-order valence-corrected chi connectivity index (χ3v) is 2.92. The van der Waals surface area contributed by atoms with E-state index in [4.69, 9.17) is 4.74 Å². The number of hydrogen-bond donors (Lipinski definition) is 1. The summed E-state index contributed by atoms with van der Waals surface area (Å²) in [6, 6.07) is 0.121. The molecule has 1 saturated heterocycles. The molecule has 1 aliphatic rings. The van der Waals surface area contributed by atoms with Gasteiger partial charge < -0.3 is 10.1 Å². The maximum atomic E-state index is 5.68. The van der Waals surface area contributed by atoms with Gasteiger partial charge in [0.15, 0.2) is 5.82 Å². The molecule has 1 fully saturated rings. The number of ether oxygens (including phenoxy) is 1. The third-order valence-electron chi connectivity index (χ3n) is 2.92. The van der Waals surface area contributed by atoms with Crippen molar-refractivity contribution in [3.8, 4) is 0 Å². The normalized spacial score (nSPS) is 23.0. The van der Waals surface area contributed by atoms with Crippen molar-refractivity contribution in [2.24, 2.45) is 0 Å². The minimum atomic E-state index is 0.104. The highest BCUT2D eigenvalue weighted by Gasteiger charge is 2.19. The summed E-state index contributed by atoms with van der Waals surface area (Å²) in [7, 11) is 1.89. The van der Waals surface area contributed by atoms with E-state index in [2.05, 4.69) is 20.5 Å². The Kier molecular flexibility index (Phi) is 3.79. The topological polar surface area (TPSA) is 59.9 Å². The first-order valence-corrected chi connectivity index (χ1v) is 5.79. The first kappa shape index (κ1) is 11.4. The van der Waals surface area contributed by atoms with Crippen molar-refractivity contribution in [3.63, 3.8) is 0 Å². The second-order valence-electron chi connectivity index (χ2n) is 4.11. The van der Waals surface area contributed by atoms with Crippen LogP contribution in [0, 0.1) is 0 Å². The number of rotatable bonds is 3. The SMILES string of the molecule is CNC(C)c1nncc(C2CCCCO2)n1. The van der Waals surface area contributed by atoms with E-state index in [1.54, 1.807) is 6.20 Å². The van der Waals surface area contributed by atoms with Crippen molar-refractivity contribution in [1.82, 2.24) is 20.5 Å². The molecule has 0 aromatic carbocycles. The van der Waals surface area contributed by atoms with Gasteiger partial charge in [0.1, 0.15) is 6.10 Å². The second kappa shape index (κ2) is 5.32. The third kappa shape index (κ3) is 2.54. The molecule has 5 nitrogen and oxygen atoms in total. The maximum absolute atomic E-state index is 5.68. The van der Waals surface area contributed by atoms with Crippen LogP contribution in [0.15, 0.2) is 6.20 Å². The molecule has 0 radical (unpaired) electrons. The molecule has 1 aliphatic heterocycles. The Bertz CT molecular complexity index is 339. The summed E-state index contributed by atoms with van der Waals surface area (Å²) in [5.74, 6) is 0.731. The monoisotopic (exact) mass is 222 g/mol. The first-order valence-electron chi connectivity index (χ1n) is 5.79. The van der Waals surface area contributed by atoms with Gasteiger partial charge in [-0.1, -0.05) is 0 Å². The molecule has 0 spiro atoms. The van der Waals surface area contributed by atoms with Gasteiger partial charge >= 0.3 is 0 Å². The van der Waals surface area contributed by atoms with Gasteiger partial charge in [0.2, 0.25) is 0 Å². The van der Waals surface area contributed by atoms with Crippen LogP contribution in [0.25, 0.3) is 0 Å². The van der Waals surface area contributed by atoms with Crippen LogP contribution in [-0.4, -0.2) is 28.8 Å². The molecule has 1 aromatic heterocycles. The minimum Gasteiger partial charge on any atom is -0.372 e. The summed E-state index contributed by atoms with van der Waals surface area (Å²) in [6.45, 7) is 2.84. The summed E-state index contributed by atoms with van der Waals surface area (Å²) in [5.41, 5.74) is 0.909. The highest BCUT2D eigenvalue weighted by molar-refractivity contribution is 5.03. The smallest absolute Gasteiger partial charge is 0.167 e. The zero-order valence-corrected chi connectivity index (χ0v) is 9.81. The molecule has 16 heavy (non-hydrogen) atoms. The zero-order valence-electron chi connectivity index (χ0n) is 9.81. The Morgan fingerprint density at radius 1 is 1.50 bits per heavy atom. The molecule has 2 rings (SSSR count). The predicted molar refractivity (Wildman–Crippen MR) is 59.8 cm³/mol. The van der Waals surface area contributed by atoms with Crippen molar-refractivity contribution in [3.05, 3.63) is 17.7 Å². The lowest BCUT2D eigenvalue weighted by Gasteiger charge is -2.22. The Morgan fingerprint density at radius 2 is 2.38 bits per heavy atom. The van der Waals surface area contributed by atoms with E-state index >= 15 is 0 Å². The van der Waals surface area contributed by atoms with Crippen LogP contribution in [0.5, 0.6) is 0 Å². The van der Waals surface area contributed by atoms with Crippen molar-refractivity contribution in [2.45, 2.75) is 38.3 Å². The van der Waals surface area contributed by atoms with Gasteiger partial charge in [0.05, 0.1) is 17.9 Å². The quantitative estimate of drug-likeness (QED) is 0.837. The van der Waals surface area contributed by atoms with Crippen LogP contribution in [0.4, 0.5) is 0 Å². The van der Waals surface area contributed by atoms with Crippen LogP contribution in [0.3, 0.4) is 0 Å². The molecular weight excluding hydrogens is 204 g/mol. The minimum absolute atomic E-state index is 0.104. The van der Waals surface area contributed by atoms with E-state index in [1.807, 2.05) is 14.0 Å². The van der Waals surface area contributed by atoms with Gasteiger partial charge in [-0.3, -0.25) is 0 Å². The van der Waals surface area contributed by atoms with Crippen molar-refractivity contribution < 1.29 is 4.74 Å². The maximum Gasteiger partial charge on any atom is 0.167 e. The number of nitrogens with zero attached hydrogens (tertiary/aromatic N) is 3. The molecule has 2 heterocycles. The Balaban J connectivity index is 2.14. The van der Waals surface area contributed by atoms with Gasteiger partial charge in [-0.25, -0.2) is 4.98 Å². The number of nitrogens with one attached hydrogen (secondary N) is 1. The lowest BCUT2D eigenvalue weighted by molar-refractivity contribution is 0.0117. The molecule has 1 N–H and O–H groups in total. The molecule has 0 saturated carbocycles. The summed E-state index contributed by atoms with van der Waals surface area (Å²) in [4.78, 5) is 4.51. The van der Waals surface area contributed by atoms with Gasteiger partial charge in [0.25, 0.3) is 0 Å². The largest absolute Gasteiger partial charge is 0.372 e. The van der Waals surface area contributed by atoms with E-state index in [-0.39, 0.29) is 12.1 Å². The predicted octanol–water partition coefficient (Wildman–Crippen LogP) is 1.39. The Morgan fingerprint density at radius 3 is 3.06 bits per heavy atom. The van der Waals surface area contributed by atoms with E-state index in [1.165, 1.54) is 6.42 Å². The Hall–Kier alpha value is -1.07. The average Bonchev–Trinajstić information content (AvgIpc) is 2.39. The van der Waals surface area contributed by atoms with E-state index < -0.39 is 0 Å². The van der Waals surface area contributed by atoms with Crippen molar-refractivity contribution >= 4 is 0 Å². The lowest BCUT2D eigenvalue weighted by atomic mass is 10.1. The fraction of sp³-hybridized carbons (Fsp3) is 0.727. The van der Waals surface area contributed by atoms with Crippen molar-refractivity contribution in [2.75, 3.05) is 13.7 Å². The van der Waals surface area contributed by atoms with Gasteiger partial charge in [-0.05, 0) is 33.2 Å². The average molecular weight is 222 g/mol. The summed E-state index contributed by atoms with van der Waals surface area (Å²) < 4.78 is 5.68. The molecule has 2 unspecified atom stereocenters. The molecule has 0 aliphatic carbocycles. The number of aromatic nitrogens is 3. The molecular formula is C11H18N4O. The number of hydrogen-bond acceptors (Lipinski definition) is 5. The highest BCUT2D eigenvalue weighted by Crippen LogP contribution is 2.26. The van der Waals surface area contributed by atoms with Crippen LogP contribution >= 0.6 is 0 Å². The van der Waals surface area contributed by atoms with Crippen LogP contribution in [0.2, 0.25) is 0 Å². The highest BCUT2D eigenvalue weighted by atomic mass is 16.5. The fourth-order valence-electron chi connectivity index (χ4n) is 1.77. The molecule has 88 valence electrons. The molecule has 2 atom stereocenters. The first-order chi connectivity index (χ1) is 7.81. The standard InChI is InChI=1S/C11H18N4O/c1-8(12-2)11-14-9(7-13-15-11)10-5-3-4-6-16-10/h7-8,10,12H,3-6H2,1-2H3. The van der Waals surface area contributed by atoms with Crippen LogP contribution in [0.1, 0.15) is 49.9 Å². The van der Waals surface area contributed by atoms with Crippen LogP contribution in [-0.2, 0) is 4.74 Å². The summed E-state index contributed by atoms with van der Waals surface area (Å²) in [6.07, 6.45) is 5.20. The van der Waals surface area contributed by atoms with Gasteiger partial charge in [0, 0.05) is 6.61 Å². The Labute approximate surface area is 95.6 Å². The molecule has 5 heteroatoms. The van der Waals surface area contributed by atoms with Gasteiger partial charge in [-0.2, -0.15) is 5.10 Å². The van der Waals surface area contributed by atoms with Crippen LogP contribution < -0.4 is 5.32 Å². The summed E-state index contributed by atoms with van der Waals surface area (Å²) in [5, 5.41) is 11.1. The molecule has 0 bridgehead atoms. The zero-order chi connectivity index (χ0) is 11.4. The second-order valence-corrected chi connectivity index (χ2v) is 4.11. The van der Waals surface area contributed by atoms with Crippen molar-refractivity contribution in [1.29, 1.82) is 0 Å². The molecule has 0 amide bonds. The summed E-state index contributed by atoms with van der Waals surface area (Å²) >= 11 is 0. The van der Waals surface area contributed by atoms with Gasteiger partial charge in [-0.15, -0.1) is 5.10 Å². The van der Waals surface area contributed by atoms with E-state index in [0.29, 0.717) is 0 Å². The fourth-order valence-corrected chi connectivity index (χ4v) is 1.77. The van der Waals surface area contributed by atoms with E-state index in [0.717, 1.165) is 31.0 Å². The lowest BCUT2D eigenvalue weighted by Crippen LogP contribution is -2.19. The molecule has 1 aromatic rings. The van der Waals surface area contributed by atoms with E-state index in [9.17, 15) is 0 Å².